The van der Waals surface area contributed by atoms with Gasteiger partial charge in [-0.2, -0.15) is 13.2 Å². The second-order valence-corrected chi connectivity index (χ2v) is 4.67. The summed E-state index contributed by atoms with van der Waals surface area (Å²) in [5.74, 6) is -1.58. The van der Waals surface area contributed by atoms with E-state index in [4.69, 9.17) is 5.73 Å². The molecule has 2 N–H and O–H groups in total. The maximum Gasteiger partial charge on any atom is 0.416 e. The third-order valence-electron chi connectivity index (χ3n) is 3.04. The van der Waals surface area contributed by atoms with Crippen LogP contribution in [0.3, 0.4) is 0 Å². The predicted octanol–water partition coefficient (Wildman–Crippen LogP) is 4.23. The standard InChI is InChI=1S/C15H12F5N/c16-10-5-9(6-11(17)8-10)7-14(21)12-3-1-2-4-13(12)15(18,19)20/h1-6,8,14H,7,21H2. The molecule has 112 valence electrons. The molecule has 0 spiro atoms. The number of rotatable bonds is 3. The normalized spacial score (nSPS) is 13.2. The van der Waals surface area contributed by atoms with Crippen LogP contribution in [0.15, 0.2) is 42.5 Å². The Morgan fingerprint density at radius 1 is 0.952 bits per heavy atom. The highest BCUT2D eigenvalue weighted by Crippen LogP contribution is 2.34. The molecule has 0 aliphatic heterocycles. The number of hydrogen-bond donors (Lipinski definition) is 1. The quantitative estimate of drug-likeness (QED) is 0.844. The van der Waals surface area contributed by atoms with Crippen molar-refractivity contribution in [2.75, 3.05) is 0 Å². The van der Waals surface area contributed by atoms with E-state index in [1.807, 2.05) is 0 Å². The van der Waals surface area contributed by atoms with E-state index in [2.05, 4.69) is 0 Å². The average Bonchev–Trinajstić information content (AvgIpc) is 2.36. The Morgan fingerprint density at radius 2 is 1.52 bits per heavy atom. The van der Waals surface area contributed by atoms with E-state index in [1.54, 1.807) is 0 Å². The van der Waals surface area contributed by atoms with Crippen molar-refractivity contribution in [2.24, 2.45) is 5.73 Å². The first-order chi connectivity index (χ1) is 9.77. The van der Waals surface area contributed by atoms with Crippen LogP contribution in [0.1, 0.15) is 22.7 Å². The van der Waals surface area contributed by atoms with Gasteiger partial charge < -0.3 is 5.73 Å². The molecule has 21 heavy (non-hydrogen) atoms. The highest BCUT2D eigenvalue weighted by molar-refractivity contribution is 5.33. The highest BCUT2D eigenvalue weighted by Gasteiger charge is 2.34. The third kappa shape index (κ3) is 3.78. The van der Waals surface area contributed by atoms with Crippen molar-refractivity contribution in [3.63, 3.8) is 0 Å². The fourth-order valence-corrected chi connectivity index (χ4v) is 2.17. The van der Waals surface area contributed by atoms with Crippen molar-refractivity contribution in [3.8, 4) is 0 Å². The predicted molar refractivity (Wildman–Crippen MR) is 68.4 cm³/mol. The SMILES string of the molecule is NC(Cc1cc(F)cc(F)c1)c1ccccc1C(F)(F)F. The van der Waals surface area contributed by atoms with Crippen molar-refractivity contribution in [1.29, 1.82) is 0 Å². The van der Waals surface area contributed by atoms with Crippen molar-refractivity contribution in [2.45, 2.75) is 18.6 Å². The van der Waals surface area contributed by atoms with Crippen LogP contribution in [0.2, 0.25) is 0 Å². The van der Waals surface area contributed by atoms with E-state index in [1.165, 1.54) is 18.2 Å². The van der Waals surface area contributed by atoms with E-state index < -0.39 is 29.4 Å². The summed E-state index contributed by atoms with van der Waals surface area (Å²) < 4.78 is 64.9. The average molecular weight is 301 g/mol. The van der Waals surface area contributed by atoms with Crippen LogP contribution in [0.25, 0.3) is 0 Å². The molecule has 0 fully saturated rings. The van der Waals surface area contributed by atoms with Gasteiger partial charge in [0.05, 0.1) is 5.56 Å². The molecule has 6 heteroatoms. The zero-order valence-corrected chi connectivity index (χ0v) is 10.8. The molecule has 0 saturated carbocycles. The molecule has 0 radical (unpaired) electrons. The van der Waals surface area contributed by atoms with Gasteiger partial charge in [-0.05, 0) is 35.7 Å². The largest absolute Gasteiger partial charge is 0.416 e. The van der Waals surface area contributed by atoms with Gasteiger partial charge in [0.1, 0.15) is 11.6 Å². The van der Waals surface area contributed by atoms with Gasteiger partial charge in [-0.1, -0.05) is 18.2 Å². The molecular weight excluding hydrogens is 289 g/mol. The summed E-state index contributed by atoms with van der Waals surface area (Å²) >= 11 is 0. The summed E-state index contributed by atoms with van der Waals surface area (Å²) in [5, 5.41) is 0. The minimum Gasteiger partial charge on any atom is -0.324 e. The molecule has 2 aromatic rings. The van der Waals surface area contributed by atoms with Crippen LogP contribution >= 0.6 is 0 Å². The van der Waals surface area contributed by atoms with E-state index in [0.29, 0.717) is 6.07 Å². The van der Waals surface area contributed by atoms with Crippen LogP contribution in [0.5, 0.6) is 0 Å². The maximum absolute atomic E-state index is 13.1. The minimum atomic E-state index is -4.53. The molecule has 1 atom stereocenters. The lowest BCUT2D eigenvalue weighted by Crippen LogP contribution is -2.19. The summed E-state index contributed by atoms with van der Waals surface area (Å²) in [6, 6.07) is 6.70. The first-order valence-electron chi connectivity index (χ1n) is 6.14. The lowest BCUT2D eigenvalue weighted by molar-refractivity contribution is -0.138. The minimum absolute atomic E-state index is 0.0955. The van der Waals surface area contributed by atoms with Gasteiger partial charge in [-0.25, -0.2) is 8.78 Å². The molecule has 0 bridgehead atoms. The molecule has 2 rings (SSSR count). The van der Waals surface area contributed by atoms with Crippen LogP contribution in [-0.2, 0) is 12.6 Å². The van der Waals surface area contributed by atoms with Gasteiger partial charge in [0.25, 0.3) is 0 Å². The maximum atomic E-state index is 13.1. The zero-order chi connectivity index (χ0) is 15.6. The fraction of sp³-hybridized carbons (Fsp3) is 0.200. The number of nitrogens with two attached hydrogens (primary N) is 1. The zero-order valence-electron chi connectivity index (χ0n) is 10.8. The second-order valence-electron chi connectivity index (χ2n) is 4.67. The number of halogens is 5. The number of benzene rings is 2. The molecule has 2 aromatic carbocycles. The van der Waals surface area contributed by atoms with Gasteiger partial charge in [0.15, 0.2) is 0 Å². The first kappa shape index (κ1) is 15.4. The van der Waals surface area contributed by atoms with Crippen molar-refractivity contribution in [3.05, 3.63) is 70.8 Å². The summed E-state index contributed by atoms with van der Waals surface area (Å²) in [7, 11) is 0. The van der Waals surface area contributed by atoms with Crippen LogP contribution in [-0.4, -0.2) is 0 Å². The summed E-state index contributed by atoms with van der Waals surface area (Å²) in [6.45, 7) is 0. The molecule has 0 saturated heterocycles. The third-order valence-corrected chi connectivity index (χ3v) is 3.04. The first-order valence-corrected chi connectivity index (χ1v) is 6.14. The Morgan fingerprint density at radius 3 is 2.10 bits per heavy atom. The summed E-state index contributed by atoms with van der Waals surface area (Å²) in [4.78, 5) is 0. The molecule has 1 nitrogen and oxygen atoms in total. The van der Waals surface area contributed by atoms with Crippen LogP contribution in [0, 0.1) is 11.6 Å². The Bertz CT molecular complexity index is 616. The van der Waals surface area contributed by atoms with E-state index >= 15 is 0 Å². The number of alkyl halides is 3. The highest BCUT2D eigenvalue weighted by atomic mass is 19.4. The second kappa shape index (κ2) is 5.81. The van der Waals surface area contributed by atoms with E-state index in [-0.39, 0.29) is 17.5 Å². The Hall–Kier alpha value is -1.95. The Labute approximate surface area is 118 Å². The van der Waals surface area contributed by atoms with Gasteiger partial charge >= 0.3 is 6.18 Å². The van der Waals surface area contributed by atoms with Gasteiger partial charge in [-0.15, -0.1) is 0 Å². The van der Waals surface area contributed by atoms with E-state index in [9.17, 15) is 22.0 Å². The monoisotopic (exact) mass is 301 g/mol. The number of hydrogen-bond acceptors (Lipinski definition) is 1. The molecular formula is C15H12F5N. The topological polar surface area (TPSA) is 26.0 Å². The summed E-state index contributed by atoms with van der Waals surface area (Å²) in [5.41, 5.74) is 5.04. The Balaban J connectivity index is 2.31. The van der Waals surface area contributed by atoms with Gasteiger partial charge in [0, 0.05) is 12.1 Å². The van der Waals surface area contributed by atoms with Crippen LogP contribution in [0.4, 0.5) is 22.0 Å². The lowest BCUT2D eigenvalue weighted by Gasteiger charge is -2.18. The van der Waals surface area contributed by atoms with Crippen molar-refractivity contribution in [1.82, 2.24) is 0 Å². The Kier molecular flexibility index (Phi) is 4.27. The molecule has 0 heterocycles. The van der Waals surface area contributed by atoms with Crippen LogP contribution < -0.4 is 5.73 Å². The van der Waals surface area contributed by atoms with Gasteiger partial charge in [0.2, 0.25) is 0 Å². The molecule has 0 aliphatic carbocycles. The smallest absolute Gasteiger partial charge is 0.324 e. The molecule has 1 unspecified atom stereocenters. The van der Waals surface area contributed by atoms with E-state index in [0.717, 1.165) is 18.2 Å². The van der Waals surface area contributed by atoms with Crippen molar-refractivity contribution < 1.29 is 22.0 Å². The lowest BCUT2D eigenvalue weighted by atomic mass is 9.95. The molecule has 0 amide bonds. The fourth-order valence-electron chi connectivity index (χ4n) is 2.17. The summed E-state index contributed by atoms with van der Waals surface area (Å²) in [6.07, 6.45) is -4.62. The molecule has 0 aromatic heterocycles. The van der Waals surface area contributed by atoms with Gasteiger partial charge in [-0.3, -0.25) is 0 Å². The van der Waals surface area contributed by atoms with Crippen molar-refractivity contribution >= 4 is 0 Å². The molecule has 0 aliphatic rings.